The molecule has 0 aromatic heterocycles. The highest BCUT2D eigenvalue weighted by molar-refractivity contribution is 7.99. The summed E-state index contributed by atoms with van der Waals surface area (Å²) in [5.41, 5.74) is 0.646. The molecule has 2 aliphatic rings. The number of rotatable bonds is 8. The van der Waals surface area contributed by atoms with Crippen molar-refractivity contribution in [3.05, 3.63) is 24.3 Å². The first kappa shape index (κ1) is 19.2. The molecule has 26 heavy (non-hydrogen) atoms. The molecule has 2 saturated heterocycles. The average Bonchev–Trinajstić information content (AvgIpc) is 2.97. The zero-order valence-corrected chi connectivity index (χ0v) is 16.3. The van der Waals surface area contributed by atoms with Crippen LogP contribution in [0.2, 0.25) is 0 Å². The molecule has 2 fully saturated rings. The Bertz CT molecular complexity index is 614. The van der Waals surface area contributed by atoms with Gasteiger partial charge < -0.3 is 4.74 Å². The van der Waals surface area contributed by atoms with E-state index in [0.29, 0.717) is 18.7 Å². The van der Waals surface area contributed by atoms with E-state index in [0.717, 1.165) is 36.8 Å². The number of hydrogen-bond acceptors (Lipinski definition) is 5. The van der Waals surface area contributed by atoms with Crippen LogP contribution in [0.15, 0.2) is 24.3 Å². The van der Waals surface area contributed by atoms with E-state index in [1.807, 2.05) is 36.0 Å². The Balaban J connectivity index is 1.58. The monoisotopic (exact) mass is 376 g/mol. The summed E-state index contributed by atoms with van der Waals surface area (Å²) in [7, 11) is 0. The minimum Gasteiger partial charge on any atom is -0.494 e. The van der Waals surface area contributed by atoms with Crippen molar-refractivity contribution in [2.24, 2.45) is 0 Å². The van der Waals surface area contributed by atoms with Crippen molar-refractivity contribution >= 4 is 29.3 Å². The highest BCUT2D eigenvalue weighted by Gasteiger charge is 2.42. The van der Waals surface area contributed by atoms with Gasteiger partial charge in [-0.25, -0.2) is 4.90 Å². The second-order valence-electron chi connectivity index (χ2n) is 6.84. The van der Waals surface area contributed by atoms with Gasteiger partial charge in [0.05, 0.1) is 24.8 Å². The highest BCUT2D eigenvalue weighted by Crippen LogP contribution is 2.28. The molecule has 1 aromatic carbocycles. The molecule has 1 aromatic rings. The molecule has 142 valence electrons. The van der Waals surface area contributed by atoms with E-state index in [9.17, 15) is 9.59 Å². The summed E-state index contributed by atoms with van der Waals surface area (Å²) in [5, 5.41) is 0. The van der Waals surface area contributed by atoms with Gasteiger partial charge in [0, 0.05) is 24.6 Å². The largest absolute Gasteiger partial charge is 0.494 e. The number of benzene rings is 1. The average molecular weight is 377 g/mol. The number of unbranched alkanes of at least 4 members (excludes halogenated alkanes) is 3. The lowest BCUT2D eigenvalue weighted by atomic mass is 10.2. The van der Waals surface area contributed by atoms with Gasteiger partial charge in [0.2, 0.25) is 5.91 Å². The second kappa shape index (κ2) is 9.42. The summed E-state index contributed by atoms with van der Waals surface area (Å²) >= 11 is 1.90. The summed E-state index contributed by atoms with van der Waals surface area (Å²) in [6.07, 6.45) is 4.97. The number of ether oxygens (including phenoxy) is 1. The third-order valence-corrected chi connectivity index (χ3v) is 5.91. The van der Waals surface area contributed by atoms with E-state index in [2.05, 4.69) is 11.8 Å². The van der Waals surface area contributed by atoms with Crippen LogP contribution in [0.3, 0.4) is 0 Å². The Labute approximate surface area is 160 Å². The Hall–Kier alpha value is -1.53. The molecule has 5 nitrogen and oxygen atoms in total. The van der Waals surface area contributed by atoms with Crippen LogP contribution in [0.4, 0.5) is 5.69 Å². The van der Waals surface area contributed by atoms with Crippen LogP contribution in [0.25, 0.3) is 0 Å². The molecule has 0 N–H and O–H groups in total. The maximum Gasteiger partial charge on any atom is 0.251 e. The van der Waals surface area contributed by atoms with E-state index in [4.69, 9.17) is 4.74 Å². The van der Waals surface area contributed by atoms with Gasteiger partial charge in [-0.05, 0) is 30.7 Å². The SMILES string of the molecule is CCCCCCOc1ccc(N2C(=O)C[C@H](N3CCSCC3)C2=O)cc1. The third kappa shape index (κ3) is 4.60. The van der Waals surface area contributed by atoms with Crippen molar-refractivity contribution in [1.29, 1.82) is 0 Å². The van der Waals surface area contributed by atoms with Gasteiger partial charge in [-0.1, -0.05) is 26.2 Å². The number of hydrogen-bond donors (Lipinski definition) is 0. The summed E-state index contributed by atoms with van der Waals surface area (Å²) in [6, 6.07) is 7.02. The van der Waals surface area contributed by atoms with Crippen LogP contribution >= 0.6 is 11.8 Å². The minimum absolute atomic E-state index is 0.0878. The lowest BCUT2D eigenvalue weighted by Crippen LogP contribution is -2.45. The smallest absolute Gasteiger partial charge is 0.251 e. The van der Waals surface area contributed by atoms with Crippen molar-refractivity contribution in [1.82, 2.24) is 4.90 Å². The second-order valence-corrected chi connectivity index (χ2v) is 8.06. The number of nitrogens with zero attached hydrogens (tertiary/aromatic N) is 2. The number of amides is 2. The van der Waals surface area contributed by atoms with Gasteiger partial charge in [0.15, 0.2) is 0 Å². The lowest BCUT2D eigenvalue weighted by molar-refractivity contribution is -0.122. The Morgan fingerprint density at radius 3 is 2.50 bits per heavy atom. The van der Waals surface area contributed by atoms with Crippen LogP contribution in [-0.4, -0.2) is 54.0 Å². The first-order chi connectivity index (χ1) is 12.7. The summed E-state index contributed by atoms with van der Waals surface area (Å²) in [5.74, 6) is 2.65. The molecular formula is C20H28N2O3S. The molecule has 2 amide bonds. The topological polar surface area (TPSA) is 49.9 Å². The molecule has 0 unspecified atom stereocenters. The molecule has 0 spiro atoms. The zero-order valence-electron chi connectivity index (χ0n) is 15.5. The Morgan fingerprint density at radius 1 is 1.08 bits per heavy atom. The maximum atomic E-state index is 12.8. The molecule has 0 radical (unpaired) electrons. The van der Waals surface area contributed by atoms with E-state index < -0.39 is 0 Å². The van der Waals surface area contributed by atoms with Crippen LogP contribution in [-0.2, 0) is 9.59 Å². The van der Waals surface area contributed by atoms with Crippen molar-refractivity contribution in [2.45, 2.75) is 45.1 Å². The van der Waals surface area contributed by atoms with Gasteiger partial charge in [-0.2, -0.15) is 11.8 Å². The van der Waals surface area contributed by atoms with Gasteiger partial charge in [0.1, 0.15) is 5.75 Å². The maximum absolute atomic E-state index is 12.8. The van der Waals surface area contributed by atoms with Crippen molar-refractivity contribution in [3.63, 3.8) is 0 Å². The summed E-state index contributed by atoms with van der Waals surface area (Å²) in [6.45, 7) is 4.66. The van der Waals surface area contributed by atoms with Gasteiger partial charge in [-0.15, -0.1) is 0 Å². The molecule has 0 bridgehead atoms. The lowest BCUT2D eigenvalue weighted by Gasteiger charge is -2.30. The van der Waals surface area contributed by atoms with Crippen molar-refractivity contribution in [3.8, 4) is 5.75 Å². The molecule has 6 heteroatoms. The number of carbonyl (C=O) groups is 2. The van der Waals surface area contributed by atoms with E-state index in [1.165, 1.54) is 24.2 Å². The van der Waals surface area contributed by atoms with Crippen LogP contribution in [0.5, 0.6) is 5.75 Å². The fourth-order valence-electron chi connectivity index (χ4n) is 3.47. The molecule has 2 heterocycles. The van der Waals surface area contributed by atoms with Crippen molar-refractivity contribution < 1.29 is 14.3 Å². The van der Waals surface area contributed by atoms with Crippen LogP contribution in [0.1, 0.15) is 39.0 Å². The van der Waals surface area contributed by atoms with Crippen LogP contribution < -0.4 is 9.64 Å². The van der Waals surface area contributed by atoms with Gasteiger partial charge in [0.25, 0.3) is 5.91 Å². The molecular weight excluding hydrogens is 348 g/mol. The first-order valence-electron chi connectivity index (χ1n) is 9.62. The predicted octanol–water partition coefficient (Wildman–Crippen LogP) is 3.33. The fourth-order valence-corrected chi connectivity index (χ4v) is 4.40. The molecule has 1 atom stereocenters. The first-order valence-corrected chi connectivity index (χ1v) is 10.8. The summed E-state index contributed by atoms with van der Waals surface area (Å²) < 4.78 is 5.74. The standard InChI is InChI=1S/C20H28N2O3S/c1-2-3-4-5-12-25-17-8-6-16(7-9-17)22-19(23)15-18(20(22)24)21-10-13-26-14-11-21/h6-9,18H,2-5,10-15H2,1H3/t18-/m0/s1. The summed E-state index contributed by atoms with van der Waals surface area (Å²) in [4.78, 5) is 28.7. The normalized spacial score (nSPS) is 21.4. The van der Waals surface area contributed by atoms with E-state index in [-0.39, 0.29) is 17.9 Å². The van der Waals surface area contributed by atoms with Gasteiger partial charge in [-0.3, -0.25) is 14.5 Å². The van der Waals surface area contributed by atoms with E-state index >= 15 is 0 Å². The molecule has 2 aliphatic heterocycles. The highest BCUT2D eigenvalue weighted by atomic mass is 32.2. The number of anilines is 1. The number of carbonyl (C=O) groups excluding carboxylic acids is 2. The molecule has 0 saturated carbocycles. The third-order valence-electron chi connectivity index (χ3n) is 4.97. The van der Waals surface area contributed by atoms with E-state index in [1.54, 1.807) is 0 Å². The molecule has 0 aliphatic carbocycles. The Morgan fingerprint density at radius 2 is 1.81 bits per heavy atom. The fraction of sp³-hybridized carbons (Fsp3) is 0.600. The number of imide groups is 1. The number of thioether (sulfide) groups is 1. The predicted molar refractivity (Wildman–Crippen MR) is 106 cm³/mol. The molecule has 3 rings (SSSR count). The van der Waals surface area contributed by atoms with Crippen molar-refractivity contribution in [2.75, 3.05) is 36.1 Å². The minimum atomic E-state index is -0.294. The van der Waals surface area contributed by atoms with Crippen LogP contribution in [0, 0.1) is 0 Å². The zero-order chi connectivity index (χ0) is 18.4. The van der Waals surface area contributed by atoms with Gasteiger partial charge >= 0.3 is 0 Å². The quantitative estimate of drug-likeness (QED) is 0.514. The Kier molecular flexibility index (Phi) is 6.97.